The molecule has 0 spiro atoms. The predicted octanol–water partition coefficient (Wildman–Crippen LogP) is 0.284. The number of hydrogen-bond acceptors (Lipinski definition) is 6. The van der Waals surface area contributed by atoms with Crippen molar-refractivity contribution in [1.82, 2.24) is 10.6 Å². The Labute approximate surface area is 173 Å². The van der Waals surface area contributed by atoms with E-state index in [9.17, 15) is 29.7 Å². The third-order valence-electron chi connectivity index (χ3n) is 4.47. The van der Waals surface area contributed by atoms with Gasteiger partial charge in [0.2, 0.25) is 11.8 Å². The highest BCUT2D eigenvalue weighted by Gasteiger charge is 2.25. The van der Waals surface area contributed by atoms with Crippen molar-refractivity contribution in [3.63, 3.8) is 0 Å². The summed E-state index contributed by atoms with van der Waals surface area (Å²) >= 11 is 0. The second kappa shape index (κ2) is 10.3. The zero-order chi connectivity index (χ0) is 22.3. The predicted molar refractivity (Wildman–Crippen MR) is 109 cm³/mol. The first kappa shape index (κ1) is 22.7. The first-order chi connectivity index (χ1) is 14.2. The average Bonchev–Trinajstić information content (AvgIpc) is 2.70. The van der Waals surface area contributed by atoms with Gasteiger partial charge in [-0.1, -0.05) is 24.3 Å². The van der Waals surface area contributed by atoms with E-state index in [0.29, 0.717) is 5.56 Å². The zero-order valence-corrected chi connectivity index (χ0v) is 16.4. The number of rotatable bonds is 9. The van der Waals surface area contributed by atoms with E-state index in [-0.39, 0.29) is 24.3 Å². The number of phenolic OH excluding ortho intramolecular Hbond substituents is 2. The maximum Gasteiger partial charge on any atom is 0.326 e. The SMILES string of the molecule is C[C@H](NC(=O)[C@@H](N)Cc1ccc(O)cc1)C(=O)N[C@@H](Cc1ccc(O)cc1)C(=O)O. The molecule has 0 fully saturated rings. The van der Waals surface area contributed by atoms with Crippen LogP contribution in [-0.2, 0) is 27.2 Å². The van der Waals surface area contributed by atoms with Crippen LogP contribution in [0.4, 0.5) is 0 Å². The minimum Gasteiger partial charge on any atom is -0.508 e. The highest BCUT2D eigenvalue weighted by atomic mass is 16.4. The molecule has 0 saturated carbocycles. The van der Waals surface area contributed by atoms with Gasteiger partial charge in [-0.3, -0.25) is 9.59 Å². The molecule has 0 aliphatic heterocycles. The van der Waals surface area contributed by atoms with Crippen LogP contribution in [0.15, 0.2) is 48.5 Å². The number of amides is 2. The Hall–Kier alpha value is -3.59. The normalized spacial score (nSPS) is 13.7. The Morgan fingerprint density at radius 1 is 0.833 bits per heavy atom. The van der Waals surface area contributed by atoms with Crippen molar-refractivity contribution in [2.75, 3.05) is 0 Å². The number of hydrogen-bond donors (Lipinski definition) is 6. The Balaban J connectivity index is 1.90. The van der Waals surface area contributed by atoms with E-state index in [1.54, 1.807) is 24.3 Å². The number of aromatic hydroxyl groups is 2. The average molecular weight is 415 g/mol. The van der Waals surface area contributed by atoms with Gasteiger partial charge >= 0.3 is 5.97 Å². The lowest BCUT2D eigenvalue weighted by Crippen LogP contribution is -2.54. The minimum atomic E-state index is -1.22. The molecule has 0 saturated heterocycles. The van der Waals surface area contributed by atoms with Crippen molar-refractivity contribution in [3.8, 4) is 11.5 Å². The molecular formula is C21H25N3O6. The lowest BCUT2D eigenvalue weighted by atomic mass is 10.0. The number of phenols is 2. The molecule has 2 aromatic carbocycles. The molecule has 0 unspecified atom stereocenters. The topological polar surface area (TPSA) is 162 Å². The van der Waals surface area contributed by atoms with Crippen molar-refractivity contribution in [3.05, 3.63) is 59.7 Å². The third-order valence-corrected chi connectivity index (χ3v) is 4.47. The molecule has 0 heterocycles. The summed E-state index contributed by atoms with van der Waals surface area (Å²) in [5.41, 5.74) is 7.24. The second-order valence-corrected chi connectivity index (χ2v) is 6.98. The number of carbonyl (C=O) groups excluding carboxylic acids is 2. The summed E-state index contributed by atoms with van der Waals surface area (Å²) in [4.78, 5) is 36.1. The highest BCUT2D eigenvalue weighted by molar-refractivity contribution is 5.91. The maximum atomic E-state index is 12.4. The molecule has 7 N–H and O–H groups in total. The Bertz CT molecular complexity index is 883. The molecule has 3 atom stereocenters. The molecule has 0 aliphatic carbocycles. The summed E-state index contributed by atoms with van der Waals surface area (Å²) in [6.45, 7) is 1.43. The van der Waals surface area contributed by atoms with Crippen molar-refractivity contribution in [2.45, 2.75) is 37.9 Å². The van der Waals surface area contributed by atoms with Crippen LogP contribution in [0.2, 0.25) is 0 Å². The van der Waals surface area contributed by atoms with Gasteiger partial charge in [0.15, 0.2) is 0 Å². The van der Waals surface area contributed by atoms with Gasteiger partial charge in [0.05, 0.1) is 6.04 Å². The number of carboxylic acid groups (broad SMARTS) is 1. The lowest BCUT2D eigenvalue weighted by molar-refractivity contribution is -0.142. The van der Waals surface area contributed by atoms with Crippen LogP contribution in [0, 0.1) is 0 Å². The van der Waals surface area contributed by atoms with E-state index in [0.717, 1.165) is 5.56 Å². The molecule has 30 heavy (non-hydrogen) atoms. The van der Waals surface area contributed by atoms with Crippen LogP contribution in [0.5, 0.6) is 11.5 Å². The summed E-state index contributed by atoms with van der Waals surface area (Å²) in [5, 5.41) is 32.8. The fourth-order valence-electron chi connectivity index (χ4n) is 2.73. The molecule has 0 aromatic heterocycles. The van der Waals surface area contributed by atoms with Crippen molar-refractivity contribution < 1.29 is 29.7 Å². The van der Waals surface area contributed by atoms with E-state index < -0.39 is 35.9 Å². The van der Waals surface area contributed by atoms with Crippen LogP contribution < -0.4 is 16.4 Å². The fourth-order valence-corrected chi connectivity index (χ4v) is 2.73. The zero-order valence-electron chi connectivity index (χ0n) is 16.4. The number of carbonyl (C=O) groups is 3. The number of nitrogens with two attached hydrogens (primary N) is 1. The smallest absolute Gasteiger partial charge is 0.326 e. The summed E-state index contributed by atoms with van der Waals surface area (Å²) in [6.07, 6.45) is 0.224. The largest absolute Gasteiger partial charge is 0.508 e. The standard InChI is InChI=1S/C21H25N3O6/c1-12(23-20(28)17(22)10-13-2-6-15(25)7-3-13)19(27)24-18(21(29)30)11-14-4-8-16(26)9-5-14/h2-9,12,17-18,25-26H,10-11,22H2,1H3,(H,23,28)(H,24,27)(H,29,30)/t12-,17-,18-/m0/s1. The van der Waals surface area contributed by atoms with Gasteiger partial charge < -0.3 is 31.7 Å². The summed E-state index contributed by atoms with van der Waals surface area (Å²) in [5.74, 6) is -2.29. The molecule has 160 valence electrons. The van der Waals surface area contributed by atoms with Gasteiger partial charge in [-0.2, -0.15) is 0 Å². The first-order valence-electron chi connectivity index (χ1n) is 9.30. The van der Waals surface area contributed by atoms with Gasteiger partial charge in [-0.05, 0) is 48.7 Å². The van der Waals surface area contributed by atoms with Gasteiger partial charge in [0.25, 0.3) is 0 Å². The number of benzene rings is 2. The molecule has 0 bridgehead atoms. The molecule has 9 nitrogen and oxygen atoms in total. The van der Waals surface area contributed by atoms with Crippen molar-refractivity contribution >= 4 is 17.8 Å². The van der Waals surface area contributed by atoms with Gasteiger partial charge in [-0.15, -0.1) is 0 Å². The van der Waals surface area contributed by atoms with Gasteiger partial charge in [0, 0.05) is 6.42 Å². The van der Waals surface area contributed by atoms with Crippen LogP contribution in [-0.4, -0.2) is 51.2 Å². The summed E-state index contributed by atoms with van der Waals surface area (Å²) in [6, 6.07) is 9.10. The molecule has 2 rings (SSSR count). The van der Waals surface area contributed by atoms with Crippen LogP contribution in [0.3, 0.4) is 0 Å². The lowest BCUT2D eigenvalue weighted by Gasteiger charge is -2.20. The molecule has 9 heteroatoms. The molecule has 0 radical (unpaired) electrons. The van der Waals surface area contributed by atoms with Crippen LogP contribution in [0.25, 0.3) is 0 Å². The third kappa shape index (κ3) is 6.78. The number of aliphatic carboxylic acids is 1. The van der Waals surface area contributed by atoms with E-state index in [4.69, 9.17) is 5.73 Å². The van der Waals surface area contributed by atoms with E-state index >= 15 is 0 Å². The molecule has 2 aromatic rings. The van der Waals surface area contributed by atoms with Gasteiger partial charge in [0.1, 0.15) is 23.6 Å². The first-order valence-corrected chi connectivity index (χ1v) is 9.30. The van der Waals surface area contributed by atoms with E-state index in [2.05, 4.69) is 10.6 Å². The summed E-state index contributed by atoms with van der Waals surface area (Å²) < 4.78 is 0. The monoisotopic (exact) mass is 415 g/mol. The quantitative estimate of drug-likeness (QED) is 0.343. The van der Waals surface area contributed by atoms with Crippen molar-refractivity contribution in [2.24, 2.45) is 5.73 Å². The molecular weight excluding hydrogens is 390 g/mol. The number of nitrogens with one attached hydrogen (secondary N) is 2. The Morgan fingerprint density at radius 2 is 1.30 bits per heavy atom. The van der Waals surface area contributed by atoms with Crippen LogP contribution >= 0.6 is 0 Å². The van der Waals surface area contributed by atoms with Crippen molar-refractivity contribution in [1.29, 1.82) is 0 Å². The fraction of sp³-hybridized carbons (Fsp3) is 0.286. The van der Waals surface area contributed by atoms with E-state index in [1.807, 2.05) is 0 Å². The second-order valence-electron chi connectivity index (χ2n) is 6.98. The number of carboxylic acids is 1. The minimum absolute atomic E-state index is 0.0163. The Morgan fingerprint density at radius 3 is 1.77 bits per heavy atom. The molecule has 2 amide bonds. The summed E-state index contributed by atoms with van der Waals surface area (Å²) in [7, 11) is 0. The highest BCUT2D eigenvalue weighted by Crippen LogP contribution is 2.12. The van der Waals surface area contributed by atoms with Gasteiger partial charge in [-0.25, -0.2) is 4.79 Å². The molecule has 0 aliphatic rings. The maximum absolute atomic E-state index is 12.4. The van der Waals surface area contributed by atoms with Crippen LogP contribution in [0.1, 0.15) is 18.1 Å². The van der Waals surface area contributed by atoms with E-state index in [1.165, 1.54) is 31.2 Å². The Kier molecular flexibility index (Phi) is 7.76.